The van der Waals surface area contributed by atoms with Crippen molar-refractivity contribution in [1.82, 2.24) is 0 Å². The Hall–Kier alpha value is -2.82. The van der Waals surface area contributed by atoms with Crippen molar-refractivity contribution >= 4 is 11.8 Å². The fourth-order valence-electron chi connectivity index (χ4n) is 3.71. The van der Waals surface area contributed by atoms with E-state index in [0.717, 1.165) is 55.9 Å². The third-order valence-corrected chi connectivity index (χ3v) is 5.02. The van der Waals surface area contributed by atoms with E-state index in [0.29, 0.717) is 0 Å². The second-order valence-electron chi connectivity index (χ2n) is 7.89. The molecule has 1 saturated heterocycles. The molecule has 0 atom stereocenters. The highest BCUT2D eigenvalue weighted by Gasteiger charge is 2.26. The first-order valence-corrected chi connectivity index (χ1v) is 9.35. The molecule has 1 fully saturated rings. The summed E-state index contributed by atoms with van der Waals surface area (Å²) < 4.78 is 5.41. The first-order chi connectivity index (χ1) is 13.0. The number of allylic oxidation sites excluding steroid dienone is 5. The number of hydrogen-bond acceptors (Lipinski definition) is 4. The number of morpholine rings is 1. The van der Waals surface area contributed by atoms with Crippen LogP contribution in [0.2, 0.25) is 0 Å². The van der Waals surface area contributed by atoms with Crippen molar-refractivity contribution < 1.29 is 4.74 Å². The topological polar surface area (TPSA) is 60.0 Å². The summed E-state index contributed by atoms with van der Waals surface area (Å²) in [6.45, 7) is 7.80. The minimum absolute atomic E-state index is 0.0445. The lowest BCUT2D eigenvalue weighted by Gasteiger charge is -2.30. The molecule has 0 N–H and O–H groups in total. The van der Waals surface area contributed by atoms with Crippen LogP contribution in [0.25, 0.3) is 6.08 Å². The van der Waals surface area contributed by atoms with Gasteiger partial charge in [0.2, 0.25) is 0 Å². The number of anilines is 1. The molecule has 138 valence electrons. The molecule has 27 heavy (non-hydrogen) atoms. The van der Waals surface area contributed by atoms with Crippen molar-refractivity contribution in [1.29, 1.82) is 10.5 Å². The predicted octanol–water partition coefficient (Wildman–Crippen LogP) is 4.63. The maximum Gasteiger partial charge on any atom is 0.132 e. The molecule has 2 aliphatic rings. The minimum Gasteiger partial charge on any atom is -0.378 e. The van der Waals surface area contributed by atoms with E-state index in [1.165, 1.54) is 5.69 Å². The summed E-state index contributed by atoms with van der Waals surface area (Å²) in [5.41, 5.74) is 4.64. The van der Waals surface area contributed by atoms with Crippen LogP contribution in [0.3, 0.4) is 0 Å². The van der Waals surface area contributed by atoms with E-state index in [9.17, 15) is 10.5 Å². The molecule has 1 aromatic rings. The molecular formula is C23H25N3O. The lowest BCUT2D eigenvalue weighted by atomic mass is 9.74. The lowest BCUT2D eigenvalue weighted by molar-refractivity contribution is 0.122. The van der Waals surface area contributed by atoms with Crippen molar-refractivity contribution in [2.24, 2.45) is 5.41 Å². The predicted molar refractivity (Wildman–Crippen MR) is 108 cm³/mol. The number of rotatable bonds is 3. The highest BCUT2D eigenvalue weighted by Crippen LogP contribution is 2.39. The molecule has 1 aliphatic heterocycles. The molecule has 4 nitrogen and oxygen atoms in total. The molecule has 0 saturated carbocycles. The summed E-state index contributed by atoms with van der Waals surface area (Å²) >= 11 is 0. The van der Waals surface area contributed by atoms with Crippen LogP contribution in [-0.2, 0) is 4.74 Å². The molecule has 0 bridgehead atoms. The Labute approximate surface area is 161 Å². The van der Waals surface area contributed by atoms with Gasteiger partial charge in [0.05, 0.1) is 13.2 Å². The molecule has 0 radical (unpaired) electrons. The third-order valence-electron chi connectivity index (χ3n) is 5.02. The molecule has 1 aromatic carbocycles. The van der Waals surface area contributed by atoms with E-state index in [2.05, 4.69) is 55.2 Å². The second-order valence-corrected chi connectivity index (χ2v) is 7.89. The summed E-state index contributed by atoms with van der Waals surface area (Å²) in [5.74, 6) is 0. The average Bonchev–Trinajstić information content (AvgIpc) is 2.67. The fourth-order valence-corrected chi connectivity index (χ4v) is 3.71. The smallest absolute Gasteiger partial charge is 0.132 e. The summed E-state index contributed by atoms with van der Waals surface area (Å²) in [5, 5.41) is 18.4. The van der Waals surface area contributed by atoms with Gasteiger partial charge in [-0.25, -0.2) is 0 Å². The average molecular weight is 359 g/mol. The molecule has 0 aromatic heterocycles. The van der Waals surface area contributed by atoms with Gasteiger partial charge in [0.1, 0.15) is 17.7 Å². The van der Waals surface area contributed by atoms with Gasteiger partial charge < -0.3 is 9.64 Å². The highest BCUT2D eigenvalue weighted by atomic mass is 16.5. The molecular weight excluding hydrogens is 334 g/mol. The quantitative estimate of drug-likeness (QED) is 0.739. The number of nitriles is 2. The van der Waals surface area contributed by atoms with Crippen LogP contribution in [0.4, 0.5) is 5.69 Å². The van der Waals surface area contributed by atoms with Crippen molar-refractivity contribution in [3.8, 4) is 12.1 Å². The maximum absolute atomic E-state index is 9.19. The Morgan fingerprint density at radius 2 is 1.70 bits per heavy atom. The molecule has 0 amide bonds. The van der Waals surface area contributed by atoms with Crippen molar-refractivity contribution in [3.05, 3.63) is 58.7 Å². The Balaban J connectivity index is 1.77. The van der Waals surface area contributed by atoms with Gasteiger partial charge in [-0.3, -0.25) is 0 Å². The van der Waals surface area contributed by atoms with Crippen LogP contribution < -0.4 is 4.90 Å². The zero-order valence-electron chi connectivity index (χ0n) is 16.0. The van der Waals surface area contributed by atoms with Crippen LogP contribution in [-0.4, -0.2) is 26.3 Å². The monoisotopic (exact) mass is 359 g/mol. The van der Waals surface area contributed by atoms with Gasteiger partial charge in [0.25, 0.3) is 0 Å². The number of ether oxygens (including phenoxy) is 1. The van der Waals surface area contributed by atoms with E-state index in [1.54, 1.807) is 0 Å². The van der Waals surface area contributed by atoms with Crippen molar-refractivity contribution in [3.63, 3.8) is 0 Å². The van der Waals surface area contributed by atoms with Gasteiger partial charge in [0.15, 0.2) is 0 Å². The molecule has 1 heterocycles. The van der Waals surface area contributed by atoms with Crippen LogP contribution in [0, 0.1) is 28.1 Å². The van der Waals surface area contributed by atoms with Gasteiger partial charge >= 0.3 is 0 Å². The highest BCUT2D eigenvalue weighted by molar-refractivity contribution is 5.59. The van der Waals surface area contributed by atoms with Crippen LogP contribution >= 0.6 is 0 Å². The second kappa shape index (κ2) is 8.25. The van der Waals surface area contributed by atoms with E-state index < -0.39 is 0 Å². The molecule has 0 spiro atoms. The molecule has 0 unspecified atom stereocenters. The first kappa shape index (κ1) is 19.0. The number of nitrogens with zero attached hydrogens (tertiary/aromatic N) is 3. The summed E-state index contributed by atoms with van der Waals surface area (Å²) in [7, 11) is 0. The number of hydrogen-bond donors (Lipinski definition) is 0. The van der Waals surface area contributed by atoms with Crippen molar-refractivity contribution in [2.75, 3.05) is 31.2 Å². The lowest BCUT2D eigenvalue weighted by Crippen LogP contribution is -2.36. The summed E-state index contributed by atoms with van der Waals surface area (Å²) in [4.78, 5) is 2.34. The van der Waals surface area contributed by atoms with Gasteiger partial charge in [0, 0.05) is 18.8 Å². The summed E-state index contributed by atoms with van der Waals surface area (Å²) in [6.07, 6.45) is 7.91. The normalized spacial score (nSPS) is 19.3. The van der Waals surface area contributed by atoms with Gasteiger partial charge in [-0.05, 0) is 47.1 Å². The Kier molecular flexibility index (Phi) is 5.79. The Bertz CT molecular complexity index is 838. The Morgan fingerprint density at radius 3 is 2.33 bits per heavy atom. The van der Waals surface area contributed by atoms with E-state index in [1.807, 2.05) is 18.2 Å². The third kappa shape index (κ3) is 4.88. The zero-order valence-corrected chi connectivity index (χ0v) is 16.0. The first-order valence-electron chi connectivity index (χ1n) is 9.35. The van der Waals surface area contributed by atoms with Crippen LogP contribution in [0.5, 0.6) is 0 Å². The zero-order chi connectivity index (χ0) is 19.3. The van der Waals surface area contributed by atoms with Gasteiger partial charge in [-0.15, -0.1) is 0 Å². The summed E-state index contributed by atoms with van der Waals surface area (Å²) in [6, 6.07) is 12.6. The van der Waals surface area contributed by atoms with E-state index in [-0.39, 0.29) is 11.0 Å². The standard InChI is InChI=1S/C23H25N3O/c1-23(2)14-19(13-20(15-23)21(16-24)17-25)4-3-18-5-7-22(8-6-18)26-9-11-27-12-10-26/h3-8,13H,9-12,14-15H2,1-2H3/b4-3+. The van der Waals surface area contributed by atoms with E-state index in [4.69, 9.17) is 4.74 Å². The molecule has 1 aliphatic carbocycles. The fraction of sp³-hybridized carbons (Fsp3) is 0.391. The molecule has 4 heteroatoms. The minimum atomic E-state index is 0.0445. The van der Waals surface area contributed by atoms with Crippen LogP contribution in [0.1, 0.15) is 32.3 Å². The maximum atomic E-state index is 9.19. The van der Waals surface area contributed by atoms with Crippen LogP contribution in [0.15, 0.2) is 53.1 Å². The van der Waals surface area contributed by atoms with Gasteiger partial charge in [-0.2, -0.15) is 10.5 Å². The SMILES string of the molecule is CC1(C)CC(/C=C/c2ccc(N3CCOCC3)cc2)=CC(=C(C#N)C#N)C1. The largest absolute Gasteiger partial charge is 0.378 e. The number of benzene rings is 1. The van der Waals surface area contributed by atoms with Crippen molar-refractivity contribution in [2.45, 2.75) is 26.7 Å². The van der Waals surface area contributed by atoms with E-state index >= 15 is 0 Å². The Morgan fingerprint density at radius 1 is 1.04 bits per heavy atom. The molecule has 3 rings (SSSR count). The van der Waals surface area contributed by atoms with Gasteiger partial charge in [-0.1, -0.05) is 44.2 Å².